The number of allylic oxidation sites excluding steroid dienone is 1. The third-order valence-corrected chi connectivity index (χ3v) is 3.12. The maximum atomic E-state index is 12.3. The molecule has 1 aliphatic carbocycles. The van der Waals surface area contributed by atoms with Crippen LogP contribution in [0.4, 0.5) is 0 Å². The molecule has 1 aromatic rings. The van der Waals surface area contributed by atoms with Gasteiger partial charge in [-0.05, 0) is 31.4 Å². The van der Waals surface area contributed by atoms with Crippen LogP contribution in [-0.2, 0) is 12.8 Å². The molecule has 0 fully saturated rings. The fourth-order valence-corrected chi connectivity index (χ4v) is 2.31. The van der Waals surface area contributed by atoms with Gasteiger partial charge in [0.25, 0.3) is 0 Å². The van der Waals surface area contributed by atoms with Gasteiger partial charge in [0, 0.05) is 37.1 Å². The van der Waals surface area contributed by atoms with Gasteiger partial charge in [0.1, 0.15) is 0 Å². The second-order valence-corrected chi connectivity index (χ2v) is 4.99. The van der Waals surface area contributed by atoms with Crippen LogP contribution in [0.25, 0.3) is 0 Å². The Balaban J connectivity index is 2.31. The lowest BCUT2D eigenvalue weighted by Crippen LogP contribution is -2.18. The maximum absolute atomic E-state index is 12.3. The van der Waals surface area contributed by atoms with Gasteiger partial charge in [-0.3, -0.25) is 9.78 Å². The van der Waals surface area contributed by atoms with Crippen molar-refractivity contribution >= 4 is 5.78 Å². The predicted molar refractivity (Wildman–Crippen MR) is 72.7 cm³/mol. The molecule has 0 radical (unpaired) electrons. The summed E-state index contributed by atoms with van der Waals surface area (Å²) in [4.78, 5) is 18.8. The van der Waals surface area contributed by atoms with Crippen molar-refractivity contribution in [3.05, 3.63) is 40.9 Å². The average molecular weight is 244 g/mol. The van der Waals surface area contributed by atoms with Crippen molar-refractivity contribution in [1.29, 1.82) is 0 Å². The average Bonchev–Trinajstić information content (AvgIpc) is 2.33. The number of aromatic nitrogens is 1. The van der Waals surface area contributed by atoms with E-state index in [0.29, 0.717) is 0 Å². The Morgan fingerprint density at radius 2 is 2.11 bits per heavy atom. The molecule has 1 heterocycles. The Morgan fingerprint density at radius 3 is 2.78 bits per heavy atom. The van der Waals surface area contributed by atoms with Gasteiger partial charge in [0.2, 0.25) is 0 Å². The van der Waals surface area contributed by atoms with E-state index >= 15 is 0 Å². The van der Waals surface area contributed by atoms with Gasteiger partial charge in [0.15, 0.2) is 5.78 Å². The minimum atomic E-state index is 0.139. The molecule has 0 spiro atoms. The van der Waals surface area contributed by atoms with Crippen molar-refractivity contribution in [2.45, 2.75) is 32.6 Å². The van der Waals surface area contributed by atoms with Crippen molar-refractivity contribution in [1.82, 2.24) is 9.88 Å². The lowest BCUT2D eigenvalue weighted by atomic mass is 9.90. The van der Waals surface area contributed by atoms with E-state index in [1.165, 1.54) is 0 Å². The first kappa shape index (κ1) is 12.8. The first-order valence-corrected chi connectivity index (χ1v) is 6.52. The summed E-state index contributed by atoms with van der Waals surface area (Å²) in [5, 5.41) is 0. The van der Waals surface area contributed by atoms with E-state index < -0.39 is 0 Å². The highest BCUT2D eigenvalue weighted by atomic mass is 16.1. The topological polar surface area (TPSA) is 33.2 Å². The monoisotopic (exact) mass is 244 g/mol. The number of nitrogens with zero attached hydrogens (tertiary/aromatic N) is 2. The molecule has 0 aliphatic heterocycles. The normalized spacial score (nSPS) is 16.8. The highest BCUT2D eigenvalue weighted by molar-refractivity contribution is 6.10. The number of carbonyl (C=O) groups is 1. The molecule has 1 aromatic heterocycles. The molecule has 1 aliphatic rings. The second kappa shape index (κ2) is 5.34. The predicted octanol–water partition coefficient (Wildman–Crippen LogP) is 2.61. The van der Waals surface area contributed by atoms with E-state index in [-0.39, 0.29) is 5.78 Å². The van der Waals surface area contributed by atoms with Gasteiger partial charge >= 0.3 is 0 Å². The Bertz CT molecular complexity index is 489. The molecular weight excluding hydrogens is 224 g/mol. The molecule has 3 nitrogen and oxygen atoms in total. The van der Waals surface area contributed by atoms with E-state index in [9.17, 15) is 4.79 Å². The summed E-state index contributed by atoms with van der Waals surface area (Å²) in [7, 11) is 3.89. The smallest absolute Gasteiger partial charge is 0.192 e. The van der Waals surface area contributed by atoms with Crippen molar-refractivity contribution in [2.75, 3.05) is 14.1 Å². The van der Waals surface area contributed by atoms with Crippen molar-refractivity contribution < 1.29 is 4.79 Å². The molecule has 96 valence electrons. The first-order valence-electron chi connectivity index (χ1n) is 6.52. The lowest BCUT2D eigenvalue weighted by Gasteiger charge is -2.19. The molecule has 2 rings (SSSR count). The number of hydrogen-bond acceptors (Lipinski definition) is 3. The number of fused-ring (bicyclic) bond motifs is 1. The fraction of sp³-hybridized carbons (Fsp3) is 0.467. The highest BCUT2D eigenvalue weighted by Crippen LogP contribution is 2.24. The molecule has 0 saturated heterocycles. The van der Waals surface area contributed by atoms with E-state index in [4.69, 9.17) is 0 Å². The third-order valence-electron chi connectivity index (χ3n) is 3.12. The minimum Gasteiger partial charge on any atom is -0.383 e. The van der Waals surface area contributed by atoms with Crippen LogP contribution in [0.5, 0.6) is 0 Å². The first-order chi connectivity index (χ1) is 8.61. The highest BCUT2D eigenvalue weighted by Gasteiger charge is 2.23. The maximum Gasteiger partial charge on any atom is 0.192 e. The molecule has 0 N–H and O–H groups in total. The summed E-state index contributed by atoms with van der Waals surface area (Å²) in [6, 6.07) is 3.93. The zero-order valence-corrected chi connectivity index (χ0v) is 11.4. The Labute approximate surface area is 109 Å². The van der Waals surface area contributed by atoms with Crippen LogP contribution in [-0.4, -0.2) is 29.8 Å². The van der Waals surface area contributed by atoms with Crippen molar-refractivity contribution in [2.24, 2.45) is 0 Å². The van der Waals surface area contributed by atoms with Gasteiger partial charge in [-0.25, -0.2) is 0 Å². The van der Waals surface area contributed by atoms with Crippen molar-refractivity contribution in [3.63, 3.8) is 0 Å². The number of aryl methyl sites for hydroxylation is 2. The molecule has 0 amide bonds. The van der Waals surface area contributed by atoms with E-state index in [2.05, 4.69) is 11.9 Å². The Kier molecular flexibility index (Phi) is 3.80. The summed E-state index contributed by atoms with van der Waals surface area (Å²) in [5.41, 5.74) is 3.75. The molecule has 0 atom stereocenters. The van der Waals surface area contributed by atoms with Gasteiger partial charge in [-0.2, -0.15) is 0 Å². The van der Waals surface area contributed by atoms with Gasteiger partial charge in [0.05, 0.1) is 5.69 Å². The molecule has 0 unspecified atom stereocenters. The number of pyridine rings is 1. The Morgan fingerprint density at radius 1 is 1.33 bits per heavy atom. The molecule has 3 heteroatoms. The summed E-state index contributed by atoms with van der Waals surface area (Å²) in [6.07, 6.45) is 5.67. The van der Waals surface area contributed by atoms with Crippen LogP contribution in [0.2, 0.25) is 0 Å². The fourth-order valence-electron chi connectivity index (χ4n) is 2.31. The van der Waals surface area contributed by atoms with Crippen molar-refractivity contribution in [3.8, 4) is 0 Å². The zero-order valence-electron chi connectivity index (χ0n) is 11.4. The van der Waals surface area contributed by atoms with Crippen LogP contribution in [0.1, 0.15) is 41.5 Å². The molecule has 18 heavy (non-hydrogen) atoms. The lowest BCUT2D eigenvalue weighted by molar-refractivity contribution is 0.102. The number of carbonyl (C=O) groups excluding carboxylic acids is 1. The summed E-state index contributed by atoms with van der Waals surface area (Å²) < 4.78 is 0. The molecular formula is C15H20N2O. The number of hydrogen-bond donors (Lipinski definition) is 0. The molecule has 0 saturated carbocycles. The van der Waals surface area contributed by atoms with Gasteiger partial charge in [-0.15, -0.1) is 0 Å². The standard InChI is InChI=1S/C15H20N2O/c1-4-5-12-7-8-13-14(16-12)9-6-11(15(13)18)10-17(2)3/h7-8,10H,4-6,9H2,1-3H3/b11-10+. The second-order valence-electron chi connectivity index (χ2n) is 4.99. The van der Waals surface area contributed by atoms with E-state index in [1.54, 1.807) is 0 Å². The van der Waals surface area contributed by atoms with Crippen LogP contribution in [0, 0.1) is 0 Å². The number of ketones is 1. The Hall–Kier alpha value is -1.64. The van der Waals surface area contributed by atoms with Gasteiger partial charge < -0.3 is 4.90 Å². The summed E-state index contributed by atoms with van der Waals surface area (Å²) in [6.45, 7) is 2.14. The SMILES string of the molecule is CCCc1ccc2c(n1)CC/C(=C\N(C)C)C2=O. The largest absolute Gasteiger partial charge is 0.383 e. The van der Waals surface area contributed by atoms with E-state index in [1.807, 2.05) is 37.3 Å². The number of rotatable bonds is 3. The summed E-state index contributed by atoms with van der Waals surface area (Å²) >= 11 is 0. The van der Waals surface area contributed by atoms with Crippen LogP contribution in [0.15, 0.2) is 23.9 Å². The third kappa shape index (κ3) is 2.61. The van der Waals surface area contributed by atoms with Crippen LogP contribution >= 0.6 is 0 Å². The van der Waals surface area contributed by atoms with E-state index in [0.717, 1.165) is 48.2 Å². The van der Waals surface area contributed by atoms with Crippen LogP contribution in [0.3, 0.4) is 0 Å². The quantitative estimate of drug-likeness (QED) is 0.766. The molecule has 0 aromatic carbocycles. The molecule has 0 bridgehead atoms. The van der Waals surface area contributed by atoms with Gasteiger partial charge in [-0.1, -0.05) is 13.3 Å². The summed E-state index contributed by atoms with van der Waals surface area (Å²) in [5.74, 6) is 0.139. The van der Waals surface area contributed by atoms with Crippen LogP contribution < -0.4 is 0 Å². The minimum absolute atomic E-state index is 0.139. The number of Topliss-reactive ketones (excluding diaryl/α,β-unsaturated/α-hetero) is 1. The zero-order chi connectivity index (χ0) is 13.1.